The maximum atomic E-state index is 4.55. The minimum atomic E-state index is 0.802. The van der Waals surface area contributed by atoms with Crippen LogP contribution in [0.3, 0.4) is 0 Å². The molecule has 0 spiro atoms. The molecule has 2 rings (SSSR count). The second-order valence-electron chi connectivity index (χ2n) is 4.93. The van der Waals surface area contributed by atoms with E-state index in [-0.39, 0.29) is 0 Å². The van der Waals surface area contributed by atoms with Crippen molar-refractivity contribution in [3.8, 4) is 11.3 Å². The Morgan fingerprint density at radius 1 is 1.05 bits per heavy atom. The third-order valence-electron chi connectivity index (χ3n) is 3.05. The Kier molecular flexibility index (Phi) is 4.15. The van der Waals surface area contributed by atoms with Crippen LogP contribution in [-0.4, -0.2) is 16.5 Å². The van der Waals surface area contributed by atoms with Gasteiger partial charge in [0.25, 0.3) is 0 Å². The lowest BCUT2D eigenvalue weighted by molar-refractivity contribution is 0.955. The highest BCUT2D eigenvalue weighted by molar-refractivity contribution is 5.66. The summed E-state index contributed by atoms with van der Waals surface area (Å²) in [5.74, 6) is 1.71. The van der Waals surface area contributed by atoms with Gasteiger partial charge < -0.3 is 5.32 Å². The van der Waals surface area contributed by atoms with Crippen LogP contribution < -0.4 is 5.32 Å². The topological polar surface area (TPSA) is 37.8 Å². The number of nitrogens with zero attached hydrogens (tertiary/aromatic N) is 2. The molecule has 0 fully saturated rings. The quantitative estimate of drug-likeness (QED) is 0.900. The lowest BCUT2D eigenvalue weighted by atomic mass is 10.0. The normalized spacial score (nSPS) is 10.5. The van der Waals surface area contributed by atoms with E-state index in [2.05, 4.69) is 54.3 Å². The zero-order chi connectivity index (χ0) is 13.8. The number of rotatable bonds is 4. The van der Waals surface area contributed by atoms with Crippen LogP contribution in [0.25, 0.3) is 11.3 Å². The molecule has 0 unspecified atom stereocenters. The number of anilines is 1. The second kappa shape index (κ2) is 5.83. The van der Waals surface area contributed by atoms with Crippen molar-refractivity contribution in [1.82, 2.24) is 9.97 Å². The monoisotopic (exact) mass is 255 g/mol. The third kappa shape index (κ3) is 3.31. The molecule has 1 N–H and O–H groups in total. The maximum absolute atomic E-state index is 4.55. The molecule has 0 aliphatic carbocycles. The molecule has 1 aromatic heterocycles. The minimum absolute atomic E-state index is 0.802. The summed E-state index contributed by atoms with van der Waals surface area (Å²) in [7, 11) is 0. The van der Waals surface area contributed by atoms with Crippen molar-refractivity contribution in [2.24, 2.45) is 0 Å². The van der Waals surface area contributed by atoms with E-state index in [1.165, 1.54) is 16.7 Å². The fraction of sp³-hybridized carbons (Fsp3) is 0.375. The minimum Gasteiger partial charge on any atom is -0.370 e. The van der Waals surface area contributed by atoms with E-state index in [4.69, 9.17) is 0 Å². The zero-order valence-corrected chi connectivity index (χ0v) is 12.1. The van der Waals surface area contributed by atoms with E-state index in [0.717, 1.165) is 30.3 Å². The van der Waals surface area contributed by atoms with Crippen molar-refractivity contribution < 1.29 is 0 Å². The van der Waals surface area contributed by atoms with Crippen molar-refractivity contribution >= 4 is 5.82 Å². The van der Waals surface area contributed by atoms with Gasteiger partial charge in [-0.1, -0.05) is 30.7 Å². The predicted molar refractivity (Wildman–Crippen MR) is 80.5 cm³/mol. The molecule has 0 radical (unpaired) electrons. The average Bonchev–Trinajstić information content (AvgIpc) is 2.35. The van der Waals surface area contributed by atoms with Gasteiger partial charge in [-0.25, -0.2) is 9.97 Å². The van der Waals surface area contributed by atoms with Crippen molar-refractivity contribution in [1.29, 1.82) is 0 Å². The summed E-state index contributed by atoms with van der Waals surface area (Å²) in [6, 6.07) is 8.47. The van der Waals surface area contributed by atoms with Crippen LogP contribution >= 0.6 is 0 Å². The molecule has 0 aliphatic rings. The lowest BCUT2D eigenvalue weighted by Gasteiger charge is -2.10. The standard InChI is InChI=1S/C16H21N3/c1-5-8-17-16-10-15(18-13(4)19-16)14-7-6-11(2)9-12(14)3/h6-7,9-10H,5,8H2,1-4H3,(H,17,18,19). The van der Waals surface area contributed by atoms with Gasteiger partial charge in [0.1, 0.15) is 11.6 Å². The van der Waals surface area contributed by atoms with Crippen LogP contribution in [0, 0.1) is 20.8 Å². The molecule has 3 nitrogen and oxygen atoms in total. The Balaban J connectivity index is 2.41. The Hall–Kier alpha value is -1.90. The van der Waals surface area contributed by atoms with Gasteiger partial charge in [-0.3, -0.25) is 0 Å². The summed E-state index contributed by atoms with van der Waals surface area (Å²) in [6.07, 6.45) is 1.09. The summed E-state index contributed by atoms with van der Waals surface area (Å²) in [5.41, 5.74) is 4.69. The molecule has 2 aromatic rings. The van der Waals surface area contributed by atoms with Gasteiger partial charge in [-0.15, -0.1) is 0 Å². The second-order valence-corrected chi connectivity index (χ2v) is 4.93. The highest BCUT2D eigenvalue weighted by Crippen LogP contribution is 2.24. The van der Waals surface area contributed by atoms with E-state index >= 15 is 0 Å². The number of nitrogens with one attached hydrogen (secondary N) is 1. The van der Waals surface area contributed by atoms with Gasteiger partial charge in [-0.2, -0.15) is 0 Å². The first-order valence-corrected chi connectivity index (χ1v) is 6.77. The lowest BCUT2D eigenvalue weighted by Crippen LogP contribution is -2.04. The average molecular weight is 255 g/mol. The SMILES string of the molecule is CCCNc1cc(-c2ccc(C)cc2C)nc(C)n1. The summed E-state index contributed by atoms with van der Waals surface area (Å²) in [6.45, 7) is 9.24. The predicted octanol–water partition coefficient (Wildman–Crippen LogP) is 3.89. The summed E-state index contributed by atoms with van der Waals surface area (Å²) >= 11 is 0. The van der Waals surface area contributed by atoms with Crippen LogP contribution in [0.2, 0.25) is 0 Å². The Bertz CT molecular complexity index is 576. The summed E-state index contributed by atoms with van der Waals surface area (Å²) in [5, 5.41) is 3.33. The van der Waals surface area contributed by atoms with Gasteiger partial charge in [0, 0.05) is 18.2 Å². The van der Waals surface area contributed by atoms with Gasteiger partial charge in [-0.05, 0) is 32.8 Å². The molecular formula is C16H21N3. The summed E-state index contributed by atoms with van der Waals surface area (Å²) in [4.78, 5) is 8.97. The smallest absolute Gasteiger partial charge is 0.130 e. The molecule has 0 bridgehead atoms. The van der Waals surface area contributed by atoms with E-state index in [0.29, 0.717) is 0 Å². The molecule has 0 saturated carbocycles. The van der Waals surface area contributed by atoms with Gasteiger partial charge in [0.05, 0.1) is 5.69 Å². The first-order valence-electron chi connectivity index (χ1n) is 6.77. The van der Waals surface area contributed by atoms with Crippen molar-refractivity contribution in [2.75, 3.05) is 11.9 Å². The summed E-state index contributed by atoms with van der Waals surface area (Å²) < 4.78 is 0. The molecular weight excluding hydrogens is 234 g/mol. The van der Waals surface area contributed by atoms with Gasteiger partial charge in [0.2, 0.25) is 0 Å². The third-order valence-corrected chi connectivity index (χ3v) is 3.05. The molecule has 3 heteroatoms. The number of aromatic nitrogens is 2. The number of benzene rings is 1. The van der Waals surface area contributed by atoms with Crippen LogP contribution in [0.15, 0.2) is 24.3 Å². The molecule has 0 saturated heterocycles. The highest BCUT2D eigenvalue weighted by atomic mass is 15.0. The largest absolute Gasteiger partial charge is 0.370 e. The molecule has 0 aliphatic heterocycles. The molecule has 100 valence electrons. The first-order chi connectivity index (χ1) is 9.10. The molecule has 1 heterocycles. The van der Waals surface area contributed by atoms with E-state index in [9.17, 15) is 0 Å². The number of aryl methyl sites for hydroxylation is 3. The van der Waals surface area contributed by atoms with Gasteiger partial charge >= 0.3 is 0 Å². The first kappa shape index (κ1) is 13.5. The molecule has 1 aromatic carbocycles. The highest BCUT2D eigenvalue weighted by Gasteiger charge is 2.07. The van der Waals surface area contributed by atoms with Crippen LogP contribution in [0.4, 0.5) is 5.82 Å². The number of hydrogen-bond acceptors (Lipinski definition) is 3. The number of hydrogen-bond donors (Lipinski definition) is 1. The molecule has 0 atom stereocenters. The zero-order valence-electron chi connectivity index (χ0n) is 12.1. The molecule has 0 amide bonds. The Morgan fingerprint density at radius 2 is 1.84 bits per heavy atom. The fourth-order valence-corrected chi connectivity index (χ4v) is 2.15. The van der Waals surface area contributed by atoms with E-state index in [1.807, 2.05) is 13.0 Å². The van der Waals surface area contributed by atoms with Crippen molar-refractivity contribution in [3.63, 3.8) is 0 Å². The molecule has 19 heavy (non-hydrogen) atoms. The Labute approximate surface area is 115 Å². The maximum Gasteiger partial charge on any atom is 0.130 e. The van der Waals surface area contributed by atoms with E-state index < -0.39 is 0 Å². The van der Waals surface area contributed by atoms with Crippen LogP contribution in [0.1, 0.15) is 30.3 Å². The van der Waals surface area contributed by atoms with Crippen molar-refractivity contribution in [3.05, 3.63) is 41.2 Å². The van der Waals surface area contributed by atoms with Crippen molar-refractivity contribution in [2.45, 2.75) is 34.1 Å². The fourth-order valence-electron chi connectivity index (χ4n) is 2.15. The van der Waals surface area contributed by atoms with Crippen LogP contribution in [-0.2, 0) is 0 Å². The Morgan fingerprint density at radius 3 is 2.53 bits per heavy atom. The van der Waals surface area contributed by atoms with Gasteiger partial charge in [0.15, 0.2) is 0 Å². The van der Waals surface area contributed by atoms with E-state index in [1.54, 1.807) is 0 Å². The van der Waals surface area contributed by atoms with Crippen LogP contribution in [0.5, 0.6) is 0 Å².